The summed E-state index contributed by atoms with van der Waals surface area (Å²) in [7, 11) is 1.61. The molecule has 6 nitrogen and oxygen atoms in total. The molecule has 0 aliphatic carbocycles. The predicted octanol–water partition coefficient (Wildman–Crippen LogP) is 0.923. The van der Waals surface area contributed by atoms with E-state index in [0.717, 1.165) is 16.7 Å². The SMILES string of the molecule is COc1ccc2[nH+]c(Cl)c(/C=N/N=C(N)N)cc2c1. The highest BCUT2D eigenvalue weighted by molar-refractivity contribution is 6.31. The van der Waals surface area contributed by atoms with Crippen molar-refractivity contribution in [2.75, 3.05) is 7.11 Å². The molecule has 1 heterocycles. The molecule has 0 saturated heterocycles. The number of H-pyrrole nitrogens is 1. The van der Waals surface area contributed by atoms with Crippen LogP contribution in [0.3, 0.4) is 0 Å². The second-order valence-electron chi connectivity index (χ2n) is 3.76. The maximum absolute atomic E-state index is 6.10. The first kappa shape index (κ1) is 13.1. The first-order valence-corrected chi connectivity index (χ1v) is 5.79. The van der Waals surface area contributed by atoms with Crippen molar-refractivity contribution >= 4 is 34.7 Å². The van der Waals surface area contributed by atoms with Crippen LogP contribution in [0.2, 0.25) is 5.15 Å². The molecule has 0 unspecified atom stereocenters. The van der Waals surface area contributed by atoms with Crippen molar-refractivity contribution in [2.24, 2.45) is 21.7 Å². The van der Waals surface area contributed by atoms with Gasteiger partial charge in [0, 0.05) is 6.07 Å². The van der Waals surface area contributed by atoms with E-state index in [1.807, 2.05) is 24.3 Å². The minimum absolute atomic E-state index is 0.112. The highest BCUT2D eigenvalue weighted by atomic mass is 35.5. The molecule has 0 saturated carbocycles. The molecule has 0 aliphatic heterocycles. The molecule has 1 aromatic carbocycles. The summed E-state index contributed by atoms with van der Waals surface area (Å²) in [6, 6.07) is 7.49. The molecular weight excluding hydrogens is 266 g/mol. The molecule has 1 aromatic heterocycles. The fourth-order valence-corrected chi connectivity index (χ4v) is 1.78. The largest absolute Gasteiger partial charge is 0.497 e. The van der Waals surface area contributed by atoms with Crippen LogP contribution in [0.1, 0.15) is 5.56 Å². The molecule has 0 spiro atoms. The van der Waals surface area contributed by atoms with E-state index in [4.69, 9.17) is 27.8 Å². The highest BCUT2D eigenvalue weighted by Crippen LogP contribution is 2.20. The molecule has 5 N–H and O–H groups in total. The summed E-state index contributed by atoms with van der Waals surface area (Å²) in [5.74, 6) is 0.647. The van der Waals surface area contributed by atoms with Gasteiger partial charge in [0.25, 0.3) is 5.15 Å². The normalized spacial score (nSPS) is 10.8. The Hall–Kier alpha value is -2.34. The molecule has 0 fully saturated rings. The van der Waals surface area contributed by atoms with E-state index in [-0.39, 0.29) is 5.96 Å². The minimum atomic E-state index is -0.112. The Bertz CT molecular complexity index is 664. The van der Waals surface area contributed by atoms with Gasteiger partial charge in [-0.1, -0.05) is 0 Å². The van der Waals surface area contributed by atoms with Crippen molar-refractivity contribution < 1.29 is 9.72 Å². The van der Waals surface area contributed by atoms with Gasteiger partial charge in [-0.05, 0) is 29.8 Å². The van der Waals surface area contributed by atoms with Crippen LogP contribution in [0.4, 0.5) is 0 Å². The summed E-state index contributed by atoms with van der Waals surface area (Å²) in [5.41, 5.74) is 11.9. The number of guanidine groups is 1. The highest BCUT2D eigenvalue weighted by Gasteiger charge is 2.10. The molecule has 0 amide bonds. The van der Waals surface area contributed by atoms with E-state index in [9.17, 15) is 0 Å². The number of aromatic amines is 1. The average molecular weight is 279 g/mol. The average Bonchev–Trinajstić information content (AvgIpc) is 2.38. The van der Waals surface area contributed by atoms with Gasteiger partial charge >= 0.3 is 0 Å². The Morgan fingerprint density at radius 2 is 2.16 bits per heavy atom. The zero-order valence-electron chi connectivity index (χ0n) is 10.2. The maximum Gasteiger partial charge on any atom is 0.282 e. The zero-order valence-corrected chi connectivity index (χ0v) is 11.0. The number of ether oxygens (including phenoxy) is 1. The lowest BCUT2D eigenvalue weighted by Crippen LogP contribution is -2.21. The van der Waals surface area contributed by atoms with E-state index in [0.29, 0.717) is 10.7 Å². The van der Waals surface area contributed by atoms with Crippen LogP contribution in [-0.4, -0.2) is 19.3 Å². The van der Waals surface area contributed by atoms with Crippen molar-refractivity contribution in [1.82, 2.24) is 0 Å². The minimum Gasteiger partial charge on any atom is -0.497 e. The van der Waals surface area contributed by atoms with Gasteiger partial charge in [-0.15, -0.1) is 5.10 Å². The smallest absolute Gasteiger partial charge is 0.282 e. The Labute approximate surface area is 114 Å². The van der Waals surface area contributed by atoms with Crippen molar-refractivity contribution in [3.05, 3.63) is 35.0 Å². The number of nitrogens with one attached hydrogen (secondary N) is 1. The lowest BCUT2D eigenvalue weighted by Gasteiger charge is -2.00. The second-order valence-corrected chi connectivity index (χ2v) is 4.14. The van der Waals surface area contributed by atoms with Crippen LogP contribution in [0, 0.1) is 0 Å². The second kappa shape index (κ2) is 5.53. The van der Waals surface area contributed by atoms with Gasteiger partial charge in [-0.2, -0.15) is 10.1 Å². The molecule has 0 radical (unpaired) electrons. The van der Waals surface area contributed by atoms with Crippen LogP contribution >= 0.6 is 11.6 Å². The topological polar surface area (TPSA) is 100 Å². The number of nitrogens with two attached hydrogens (primary N) is 2. The van der Waals surface area contributed by atoms with Crippen LogP contribution in [0.25, 0.3) is 10.9 Å². The number of hydrogen-bond donors (Lipinski definition) is 2. The van der Waals surface area contributed by atoms with E-state index >= 15 is 0 Å². The Morgan fingerprint density at radius 1 is 1.37 bits per heavy atom. The monoisotopic (exact) mass is 278 g/mol. The first-order valence-electron chi connectivity index (χ1n) is 5.41. The number of hydrogen-bond acceptors (Lipinski definition) is 3. The van der Waals surface area contributed by atoms with E-state index in [2.05, 4.69) is 15.2 Å². The summed E-state index contributed by atoms with van der Waals surface area (Å²) in [4.78, 5) is 3.06. The maximum atomic E-state index is 6.10. The van der Waals surface area contributed by atoms with Gasteiger partial charge in [-0.25, -0.2) is 0 Å². The number of nitrogens with zero attached hydrogens (tertiary/aromatic N) is 2. The zero-order chi connectivity index (χ0) is 13.8. The van der Waals surface area contributed by atoms with E-state index < -0.39 is 0 Å². The van der Waals surface area contributed by atoms with E-state index in [1.54, 1.807) is 7.11 Å². The summed E-state index contributed by atoms with van der Waals surface area (Å²) in [5, 5.41) is 8.64. The predicted molar refractivity (Wildman–Crippen MR) is 75.5 cm³/mol. The Morgan fingerprint density at radius 3 is 2.84 bits per heavy atom. The third-order valence-corrected chi connectivity index (χ3v) is 2.75. The van der Waals surface area contributed by atoms with Crippen LogP contribution in [0.15, 0.2) is 34.5 Å². The molecule has 7 heteroatoms. The van der Waals surface area contributed by atoms with E-state index in [1.165, 1.54) is 6.21 Å². The summed E-state index contributed by atoms with van der Waals surface area (Å²) >= 11 is 6.10. The number of rotatable bonds is 3. The molecule has 2 aromatic rings. The fourth-order valence-electron chi connectivity index (χ4n) is 1.57. The third-order valence-electron chi connectivity index (χ3n) is 2.44. The summed E-state index contributed by atoms with van der Waals surface area (Å²) < 4.78 is 5.17. The number of aromatic nitrogens is 1. The van der Waals surface area contributed by atoms with Crippen molar-refractivity contribution in [3.63, 3.8) is 0 Å². The van der Waals surface area contributed by atoms with Gasteiger partial charge in [0.2, 0.25) is 11.5 Å². The Kier molecular flexibility index (Phi) is 3.82. The lowest BCUT2D eigenvalue weighted by molar-refractivity contribution is -0.342. The Balaban J connectivity index is 2.47. The number of benzene rings is 1. The van der Waals surface area contributed by atoms with Crippen molar-refractivity contribution in [1.29, 1.82) is 0 Å². The molecule has 98 valence electrons. The third kappa shape index (κ3) is 3.11. The first-order chi connectivity index (χ1) is 9.10. The molecule has 19 heavy (non-hydrogen) atoms. The summed E-state index contributed by atoms with van der Waals surface area (Å²) in [6.07, 6.45) is 1.47. The van der Waals surface area contributed by atoms with Gasteiger partial charge in [0.05, 0.1) is 24.3 Å². The lowest BCUT2D eigenvalue weighted by atomic mass is 10.1. The fraction of sp³-hybridized carbons (Fsp3) is 0.0833. The standard InChI is InChI=1S/C12H12ClN5O/c1-19-9-2-3-10-7(5-9)4-8(11(13)17-10)6-16-18-12(14)15/h2-6H,1H3,(H4,14,15,18)/p+1/b16-6+. The van der Waals surface area contributed by atoms with Crippen LogP contribution in [0.5, 0.6) is 5.75 Å². The number of pyridine rings is 1. The molecular formula is C12H13ClN5O+. The van der Waals surface area contributed by atoms with Gasteiger partial charge in [0.1, 0.15) is 5.75 Å². The van der Waals surface area contributed by atoms with Gasteiger partial charge in [0.15, 0.2) is 0 Å². The quantitative estimate of drug-likeness (QED) is 0.378. The number of fused-ring (bicyclic) bond motifs is 1. The summed E-state index contributed by atoms with van der Waals surface area (Å²) in [6.45, 7) is 0. The molecule has 0 atom stereocenters. The van der Waals surface area contributed by atoms with Crippen LogP contribution < -0.4 is 21.2 Å². The number of halogens is 1. The molecule has 0 aliphatic rings. The van der Waals surface area contributed by atoms with Crippen LogP contribution in [-0.2, 0) is 0 Å². The molecule has 2 rings (SSSR count). The van der Waals surface area contributed by atoms with Gasteiger partial charge in [-0.3, -0.25) is 0 Å². The molecule has 0 bridgehead atoms. The number of methoxy groups -OCH3 is 1. The van der Waals surface area contributed by atoms with Crippen molar-refractivity contribution in [3.8, 4) is 5.75 Å². The van der Waals surface area contributed by atoms with Crippen molar-refractivity contribution in [2.45, 2.75) is 0 Å². The van der Waals surface area contributed by atoms with Gasteiger partial charge < -0.3 is 16.2 Å².